The summed E-state index contributed by atoms with van der Waals surface area (Å²) in [4.78, 5) is 11.4. The van der Waals surface area contributed by atoms with Gasteiger partial charge in [-0.15, -0.1) is 0 Å². The molecule has 1 aromatic heterocycles. The Bertz CT molecular complexity index is 461. The minimum Gasteiger partial charge on any atom is -0.353 e. The fraction of sp³-hybridized carbons (Fsp3) is 0.600. The molecule has 3 N–H and O–H groups in total. The van der Waals surface area contributed by atoms with Crippen LogP contribution in [0.3, 0.4) is 0 Å². The van der Waals surface area contributed by atoms with Gasteiger partial charge in [-0.05, 0) is 15.9 Å². The van der Waals surface area contributed by atoms with Crippen molar-refractivity contribution in [2.75, 3.05) is 43.0 Å². The van der Waals surface area contributed by atoms with Gasteiger partial charge in [0.1, 0.15) is 16.6 Å². The zero-order valence-corrected chi connectivity index (χ0v) is 12.1. The molecule has 1 fully saturated rings. The summed E-state index contributed by atoms with van der Waals surface area (Å²) in [5, 5.41) is 0. The van der Waals surface area contributed by atoms with Gasteiger partial charge in [0.05, 0.1) is 6.54 Å². The second-order valence-electron chi connectivity index (χ2n) is 4.38. The summed E-state index contributed by atoms with van der Waals surface area (Å²) in [6, 6.07) is 0. The van der Waals surface area contributed by atoms with E-state index in [1.54, 1.807) is 0 Å². The lowest BCUT2D eigenvalue weighted by Gasteiger charge is -2.36. The summed E-state index contributed by atoms with van der Waals surface area (Å²) in [7, 11) is 0. The fourth-order valence-corrected chi connectivity index (χ4v) is 2.62. The SMILES string of the molecule is NNc1ncnc(N2CCN(CC(F)(F)F)CC2)c1Br. The van der Waals surface area contributed by atoms with E-state index >= 15 is 0 Å². The Labute approximate surface area is 122 Å². The van der Waals surface area contributed by atoms with E-state index in [9.17, 15) is 13.2 Å². The van der Waals surface area contributed by atoms with Gasteiger partial charge < -0.3 is 10.3 Å². The van der Waals surface area contributed by atoms with Crippen molar-refractivity contribution < 1.29 is 13.2 Å². The maximum absolute atomic E-state index is 12.3. The zero-order chi connectivity index (χ0) is 14.8. The highest BCUT2D eigenvalue weighted by atomic mass is 79.9. The molecule has 0 atom stereocenters. The summed E-state index contributed by atoms with van der Waals surface area (Å²) < 4.78 is 37.6. The molecule has 2 heterocycles. The Balaban J connectivity index is 2.01. The number of hydrogen-bond donors (Lipinski definition) is 2. The van der Waals surface area contributed by atoms with Crippen molar-refractivity contribution in [2.45, 2.75) is 6.18 Å². The van der Waals surface area contributed by atoms with Crippen LogP contribution in [0.15, 0.2) is 10.8 Å². The van der Waals surface area contributed by atoms with E-state index in [1.807, 2.05) is 4.90 Å². The molecule has 0 spiro atoms. The van der Waals surface area contributed by atoms with Gasteiger partial charge in [-0.2, -0.15) is 13.2 Å². The Morgan fingerprint density at radius 2 is 1.90 bits per heavy atom. The van der Waals surface area contributed by atoms with Crippen molar-refractivity contribution in [1.29, 1.82) is 0 Å². The number of hydrogen-bond acceptors (Lipinski definition) is 6. The smallest absolute Gasteiger partial charge is 0.353 e. The average Bonchev–Trinajstić information content (AvgIpc) is 2.38. The van der Waals surface area contributed by atoms with E-state index in [0.717, 1.165) is 0 Å². The maximum atomic E-state index is 12.3. The lowest BCUT2D eigenvalue weighted by molar-refractivity contribution is -0.146. The minimum atomic E-state index is -4.16. The second-order valence-corrected chi connectivity index (χ2v) is 5.18. The molecule has 0 aliphatic carbocycles. The van der Waals surface area contributed by atoms with Crippen LogP contribution in [0.4, 0.5) is 24.8 Å². The van der Waals surface area contributed by atoms with Crippen LogP contribution in [-0.2, 0) is 0 Å². The van der Waals surface area contributed by atoms with E-state index < -0.39 is 12.7 Å². The van der Waals surface area contributed by atoms with E-state index in [-0.39, 0.29) is 0 Å². The third-order valence-corrected chi connectivity index (χ3v) is 3.71. The zero-order valence-electron chi connectivity index (χ0n) is 10.5. The third kappa shape index (κ3) is 3.70. The molecule has 112 valence electrons. The molecule has 20 heavy (non-hydrogen) atoms. The van der Waals surface area contributed by atoms with Crippen LogP contribution in [0.25, 0.3) is 0 Å². The average molecular weight is 355 g/mol. The predicted octanol–water partition coefficient (Wildman–Crippen LogP) is 1.21. The number of aromatic nitrogens is 2. The molecule has 1 saturated heterocycles. The molecule has 0 bridgehead atoms. The van der Waals surface area contributed by atoms with Gasteiger partial charge in [0.25, 0.3) is 0 Å². The molecule has 2 rings (SSSR count). The Kier molecular flexibility index (Phi) is 4.66. The first-order chi connectivity index (χ1) is 9.40. The monoisotopic (exact) mass is 354 g/mol. The Morgan fingerprint density at radius 1 is 1.25 bits per heavy atom. The quantitative estimate of drug-likeness (QED) is 0.628. The van der Waals surface area contributed by atoms with Gasteiger partial charge in [-0.25, -0.2) is 15.8 Å². The molecule has 10 heteroatoms. The second kappa shape index (κ2) is 6.10. The van der Waals surface area contributed by atoms with Crippen LogP contribution < -0.4 is 16.2 Å². The molecular weight excluding hydrogens is 341 g/mol. The Hall–Kier alpha value is -1.13. The van der Waals surface area contributed by atoms with E-state index in [0.29, 0.717) is 42.3 Å². The van der Waals surface area contributed by atoms with Crippen LogP contribution >= 0.6 is 15.9 Å². The van der Waals surface area contributed by atoms with E-state index in [4.69, 9.17) is 5.84 Å². The predicted molar refractivity (Wildman–Crippen MR) is 72.3 cm³/mol. The minimum absolute atomic E-state index is 0.335. The van der Waals surface area contributed by atoms with Crippen molar-refractivity contribution in [3.8, 4) is 0 Å². The van der Waals surface area contributed by atoms with Gasteiger partial charge in [-0.3, -0.25) is 4.90 Å². The maximum Gasteiger partial charge on any atom is 0.401 e. The highest BCUT2D eigenvalue weighted by molar-refractivity contribution is 9.10. The summed E-state index contributed by atoms with van der Waals surface area (Å²) >= 11 is 3.34. The van der Waals surface area contributed by atoms with E-state index in [2.05, 4.69) is 31.3 Å². The summed E-state index contributed by atoms with van der Waals surface area (Å²) in [6.45, 7) is 0.732. The molecule has 0 saturated carbocycles. The number of halogens is 4. The van der Waals surface area contributed by atoms with Crippen molar-refractivity contribution >= 4 is 27.6 Å². The molecule has 0 amide bonds. The number of anilines is 2. The van der Waals surface area contributed by atoms with Crippen molar-refractivity contribution in [1.82, 2.24) is 14.9 Å². The number of nitrogens with one attached hydrogen (secondary N) is 1. The topological polar surface area (TPSA) is 70.3 Å². The molecule has 6 nitrogen and oxygen atoms in total. The molecule has 1 aliphatic rings. The number of nitrogen functional groups attached to an aromatic ring is 1. The first kappa shape index (κ1) is 15.3. The van der Waals surface area contributed by atoms with Gasteiger partial charge in [0.2, 0.25) is 0 Å². The molecule has 0 radical (unpaired) electrons. The van der Waals surface area contributed by atoms with Crippen LogP contribution in [0.1, 0.15) is 0 Å². The lowest BCUT2D eigenvalue weighted by Crippen LogP contribution is -2.49. The van der Waals surface area contributed by atoms with Crippen LogP contribution in [-0.4, -0.2) is 53.8 Å². The first-order valence-corrected chi connectivity index (χ1v) is 6.71. The number of rotatable bonds is 3. The molecule has 1 aliphatic heterocycles. The van der Waals surface area contributed by atoms with Gasteiger partial charge in [0.15, 0.2) is 5.82 Å². The summed E-state index contributed by atoms with van der Waals surface area (Å²) in [6.07, 6.45) is -2.80. The van der Waals surface area contributed by atoms with Crippen LogP contribution in [0.5, 0.6) is 0 Å². The number of nitrogens with zero attached hydrogens (tertiary/aromatic N) is 4. The number of alkyl halides is 3. The fourth-order valence-electron chi connectivity index (χ4n) is 2.05. The van der Waals surface area contributed by atoms with Crippen molar-refractivity contribution in [3.05, 3.63) is 10.8 Å². The molecule has 0 unspecified atom stereocenters. The van der Waals surface area contributed by atoms with Gasteiger partial charge in [0, 0.05) is 26.2 Å². The van der Waals surface area contributed by atoms with Crippen molar-refractivity contribution in [3.63, 3.8) is 0 Å². The summed E-state index contributed by atoms with van der Waals surface area (Å²) in [5.74, 6) is 6.38. The molecule has 1 aromatic rings. The lowest BCUT2D eigenvalue weighted by atomic mass is 10.3. The highest BCUT2D eigenvalue weighted by Gasteiger charge is 2.32. The number of nitrogens with two attached hydrogens (primary N) is 1. The Morgan fingerprint density at radius 3 is 2.45 bits per heavy atom. The van der Waals surface area contributed by atoms with Gasteiger partial charge in [-0.1, -0.05) is 0 Å². The first-order valence-electron chi connectivity index (χ1n) is 5.92. The van der Waals surface area contributed by atoms with Crippen molar-refractivity contribution in [2.24, 2.45) is 5.84 Å². The summed E-state index contributed by atoms with van der Waals surface area (Å²) in [5.41, 5.74) is 2.43. The van der Waals surface area contributed by atoms with Crippen LogP contribution in [0, 0.1) is 0 Å². The van der Waals surface area contributed by atoms with Crippen LogP contribution in [0.2, 0.25) is 0 Å². The standard InChI is InChI=1S/C10H14BrF3N6/c11-7-8(18-15)16-6-17-9(7)20-3-1-19(2-4-20)5-10(12,13)14/h6H,1-5,15H2,(H,16,17,18). The number of hydrazine groups is 1. The van der Waals surface area contributed by atoms with E-state index in [1.165, 1.54) is 11.2 Å². The largest absolute Gasteiger partial charge is 0.401 e. The highest BCUT2D eigenvalue weighted by Crippen LogP contribution is 2.29. The molecular formula is C10H14BrF3N6. The third-order valence-electron chi connectivity index (χ3n) is 2.98. The number of piperazine rings is 1. The normalized spacial score (nSPS) is 17.4. The molecule has 0 aromatic carbocycles. The van der Waals surface area contributed by atoms with Gasteiger partial charge >= 0.3 is 6.18 Å².